The molecule has 0 N–H and O–H groups in total. The predicted molar refractivity (Wildman–Crippen MR) is 54.7 cm³/mol. The zero-order valence-corrected chi connectivity index (χ0v) is 8.32. The van der Waals surface area contributed by atoms with Crippen molar-refractivity contribution in [2.45, 2.75) is 19.3 Å². The number of hydrogen-bond acceptors (Lipinski definition) is 2. The van der Waals surface area contributed by atoms with E-state index in [9.17, 15) is 4.79 Å². The van der Waals surface area contributed by atoms with Gasteiger partial charge in [-0.05, 0) is 43.0 Å². The molecule has 0 bridgehead atoms. The van der Waals surface area contributed by atoms with Crippen LogP contribution >= 0.6 is 0 Å². The van der Waals surface area contributed by atoms with Crippen LogP contribution in [0.15, 0.2) is 24.3 Å². The van der Waals surface area contributed by atoms with Crippen molar-refractivity contribution in [3.05, 3.63) is 29.8 Å². The Bertz CT molecular complexity index is 323. The molecule has 0 radical (unpaired) electrons. The first-order valence-electron chi connectivity index (χ1n) is 4.97. The summed E-state index contributed by atoms with van der Waals surface area (Å²) in [6, 6.07) is 7.34. The molecule has 0 aromatic heterocycles. The molecule has 0 amide bonds. The monoisotopic (exact) mass is 190 g/mol. The van der Waals surface area contributed by atoms with Crippen LogP contribution in [0.4, 0.5) is 0 Å². The number of ketones is 1. The molecule has 0 heterocycles. The molecule has 0 aliphatic heterocycles. The molecule has 0 unspecified atom stereocenters. The highest BCUT2D eigenvalue weighted by Crippen LogP contribution is 2.33. The summed E-state index contributed by atoms with van der Waals surface area (Å²) in [6.07, 6.45) is 3.16. The Hall–Kier alpha value is -1.31. The van der Waals surface area contributed by atoms with Gasteiger partial charge in [-0.2, -0.15) is 0 Å². The van der Waals surface area contributed by atoms with E-state index in [-0.39, 0.29) is 5.78 Å². The molecule has 1 aliphatic carbocycles. The summed E-state index contributed by atoms with van der Waals surface area (Å²) >= 11 is 0. The smallest absolute Gasteiger partial charge is 0.163 e. The van der Waals surface area contributed by atoms with E-state index in [1.807, 2.05) is 24.3 Å². The van der Waals surface area contributed by atoms with E-state index in [1.54, 1.807) is 7.11 Å². The third kappa shape index (κ3) is 2.13. The number of rotatable bonds is 4. The number of methoxy groups -OCH3 is 1. The molecule has 14 heavy (non-hydrogen) atoms. The number of ether oxygens (including phenoxy) is 1. The summed E-state index contributed by atoms with van der Waals surface area (Å²) < 4.78 is 5.03. The van der Waals surface area contributed by atoms with Crippen LogP contribution in [-0.4, -0.2) is 12.9 Å². The molecular formula is C12H14O2. The van der Waals surface area contributed by atoms with Gasteiger partial charge in [-0.15, -0.1) is 0 Å². The van der Waals surface area contributed by atoms with E-state index in [0.29, 0.717) is 12.3 Å². The van der Waals surface area contributed by atoms with E-state index in [2.05, 4.69) is 0 Å². The lowest BCUT2D eigenvalue weighted by Crippen LogP contribution is -1.99. The fourth-order valence-electron chi connectivity index (χ4n) is 1.48. The zero-order valence-electron chi connectivity index (χ0n) is 8.32. The summed E-state index contributed by atoms with van der Waals surface area (Å²) in [5.74, 6) is 1.72. The summed E-state index contributed by atoms with van der Waals surface area (Å²) in [5, 5.41) is 0. The molecule has 1 saturated carbocycles. The maximum absolute atomic E-state index is 11.7. The van der Waals surface area contributed by atoms with Gasteiger partial charge in [-0.1, -0.05) is 0 Å². The highest BCUT2D eigenvalue weighted by Gasteiger charge is 2.24. The molecule has 2 heteroatoms. The summed E-state index contributed by atoms with van der Waals surface area (Å²) in [5.41, 5.74) is 0.803. The van der Waals surface area contributed by atoms with E-state index >= 15 is 0 Å². The van der Waals surface area contributed by atoms with Crippen molar-refractivity contribution in [1.82, 2.24) is 0 Å². The van der Waals surface area contributed by atoms with Crippen molar-refractivity contribution in [3.63, 3.8) is 0 Å². The van der Waals surface area contributed by atoms with Crippen molar-refractivity contribution in [3.8, 4) is 5.75 Å². The van der Waals surface area contributed by atoms with E-state index in [4.69, 9.17) is 4.74 Å². The highest BCUT2D eigenvalue weighted by atomic mass is 16.5. The fraction of sp³-hybridized carbons (Fsp3) is 0.417. The largest absolute Gasteiger partial charge is 0.497 e. The molecule has 74 valence electrons. The fourth-order valence-corrected chi connectivity index (χ4v) is 1.48. The Morgan fingerprint density at radius 1 is 1.36 bits per heavy atom. The van der Waals surface area contributed by atoms with Gasteiger partial charge < -0.3 is 4.74 Å². The second-order valence-corrected chi connectivity index (χ2v) is 3.80. The lowest BCUT2D eigenvalue weighted by molar-refractivity contribution is 0.0976. The highest BCUT2D eigenvalue weighted by molar-refractivity contribution is 5.96. The van der Waals surface area contributed by atoms with Crippen LogP contribution in [0.2, 0.25) is 0 Å². The number of carbonyl (C=O) groups excluding carboxylic acids is 1. The van der Waals surface area contributed by atoms with Gasteiger partial charge in [0.25, 0.3) is 0 Å². The van der Waals surface area contributed by atoms with E-state index in [1.165, 1.54) is 12.8 Å². The quantitative estimate of drug-likeness (QED) is 0.682. The van der Waals surface area contributed by atoms with Gasteiger partial charge >= 0.3 is 0 Å². The molecule has 1 aromatic carbocycles. The maximum Gasteiger partial charge on any atom is 0.163 e. The van der Waals surface area contributed by atoms with Crippen LogP contribution in [0.3, 0.4) is 0 Å². The molecule has 2 nitrogen and oxygen atoms in total. The Labute approximate surface area is 83.9 Å². The third-order valence-electron chi connectivity index (χ3n) is 2.58. The van der Waals surface area contributed by atoms with Crippen LogP contribution < -0.4 is 4.74 Å². The number of benzene rings is 1. The summed E-state index contributed by atoms with van der Waals surface area (Å²) in [7, 11) is 1.63. The topological polar surface area (TPSA) is 26.3 Å². The van der Waals surface area contributed by atoms with Gasteiger partial charge in [0.15, 0.2) is 5.78 Å². The molecule has 0 saturated heterocycles. The maximum atomic E-state index is 11.7. The molecule has 1 fully saturated rings. The van der Waals surface area contributed by atoms with Crippen LogP contribution in [0.5, 0.6) is 5.75 Å². The van der Waals surface area contributed by atoms with E-state index in [0.717, 1.165) is 11.3 Å². The van der Waals surface area contributed by atoms with E-state index < -0.39 is 0 Å². The standard InChI is InChI=1S/C12H14O2/c1-14-11-6-4-10(5-7-11)12(13)8-9-2-3-9/h4-7,9H,2-3,8H2,1H3. The van der Waals surface area contributed by atoms with Gasteiger partial charge in [-0.25, -0.2) is 0 Å². The molecule has 2 rings (SSSR count). The van der Waals surface area contributed by atoms with Crippen molar-refractivity contribution in [2.75, 3.05) is 7.11 Å². The first kappa shape index (κ1) is 9.25. The molecule has 0 spiro atoms. The van der Waals surface area contributed by atoms with Crippen LogP contribution in [0.25, 0.3) is 0 Å². The lowest BCUT2D eigenvalue weighted by atomic mass is 10.1. The molecule has 1 aliphatic rings. The minimum absolute atomic E-state index is 0.259. The Morgan fingerprint density at radius 3 is 2.50 bits per heavy atom. The molecular weight excluding hydrogens is 176 g/mol. The first-order valence-corrected chi connectivity index (χ1v) is 4.97. The number of hydrogen-bond donors (Lipinski definition) is 0. The van der Waals surface area contributed by atoms with Gasteiger partial charge in [0.05, 0.1) is 7.11 Å². The zero-order chi connectivity index (χ0) is 9.97. The normalized spacial score (nSPS) is 15.2. The van der Waals surface area contributed by atoms with Crippen molar-refractivity contribution in [2.24, 2.45) is 5.92 Å². The Kier molecular flexibility index (Phi) is 2.53. The minimum atomic E-state index is 0.259. The van der Waals surface area contributed by atoms with Crippen LogP contribution in [0.1, 0.15) is 29.6 Å². The number of carbonyl (C=O) groups is 1. The SMILES string of the molecule is COc1ccc(C(=O)CC2CC2)cc1. The Morgan fingerprint density at radius 2 is 2.00 bits per heavy atom. The summed E-state index contributed by atoms with van der Waals surface area (Å²) in [6.45, 7) is 0. The Balaban J connectivity index is 2.03. The minimum Gasteiger partial charge on any atom is -0.497 e. The first-order chi connectivity index (χ1) is 6.79. The van der Waals surface area contributed by atoms with Crippen LogP contribution in [0, 0.1) is 5.92 Å². The van der Waals surface area contributed by atoms with Gasteiger partial charge in [0.2, 0.25) is 0 Å². The number of Topliss-reactive ketones (excluding diaryl/α,β-unsaturated/α-hetero) is 1. The third-order valence-corrected chi connectivity index (χ3v) is 2.58. The van der Waals surface area contributed by atoms with Crippen molar-refractivity contribution in [1.29, 1.82) is 0 Å². The molecule has 1 aromatic rings. The lowest BCUT2D eigenvalue weighted by Gasteiger charge is -2.01. The average molecular weight is 190 g/mol. The van der Waals surface area contributed by atoms with Gasteiger partial charge in [-0.3, -0.25) is 4.79 Å². The van der Waals surface area contributed by atoms with Crippen molar-refractivity contribution >= 4 is 5.78 Å². The summed E-state index contributed by atoms with van der Waals surface area (Å²) in [4.78, 5) is 11.7. The van der Waals surface area contributed by atoms with Crippen LogP contribution in [-0.2, 0) is 0 Å². The second kappa shape index (κ2) is 3.82. The predicted octanol–water partition coefficient (Wildman–Crippen LogP) is 2.68. The molecule has 0 atom stereocenters. The van der Waals surface area contributed by atoms with Gasteiger partial charge in [0, 0.05) is 12.0 Å². The second-order valence-electron chi connectivity index (χ2n) is 3.80. The van der Waals surface area contributed by atoms with Gasteiger partial charge in [0.1, 0.15) is 5.75 Å². The average Bonchev–Trinajstić information content (AvgIpc) is 3.02. The van der Waals surface area contributed by atoms with Crippen molar-refractivity contribution < 1.29 is 9.53 Å².